The third-order valence-corrected chi connectivity index (χ3v) is 4.20. The van der Waals surface area contributed by atoms with Crippen molar-refractivity contribution in [2.45, 2.75) is 25.5 Å². The maximum absolute atomic E-state index is 11.9. The number of hydrogen-bond acceptors (Lipinski definition) is 3. The number of nitrogens with zero attached hydrogens (tertiary/aromatic N) is 1. The highest BCUT2D eigenvalue weighted by atomic mass is 16.5. The summed E-state index contributed by atoms with van der Waals surface area (Å²) in [7, 11) is 0. The second-order valence-electron chi connectivity index (χ2n) is 5.82. The van der Waals surface area contributed by atoms with Crippen molar-refractivity contribution in [1.82, 2.24) is 4.90 Å². The van der Waals surface area contributed by atoms with E-state index in [2.05, 4.69) is 36.1 Å². The standard InChI is InChI=1S/C19H21NO2/c1-15(17-10-6-3-7-11-17)20-13-18(22-19(21)14-20)12-16-8-4-2-5-9-16/h2-11,15,18H,12-14H2,1H3/t15-,18+/m1/s1. The molecule has 2 aromatic rings. The molecule has 0 radical (unpaired) electrons. The lowest BCUT2D eigenvalue weighted by molar-refractivity contribution is -0.160. The third-order valence-electron chi connectivity index (χ3n) is 4.20. The second kappa shape index (κ2) is 6.75. The summed E-state index contributed by atoms with van der Waals surface area (Å²) in [4.78, 5) is 14.1. The number of hydrogen-bond donors (Lipinski definition) is 0. The molecule has 0 bridgehead atoms. The quantitative estimate of drug-likeness (QED) is 0.811. The molecule has 0 aliphatic carbocycles. The largest absolute Gasteiger partial charge is 0.460 e. The van der Waals surface area contributed by atoms with Crippen molar-refractivity contribution in [2.24, 2.45) is 0 Å². The van der Waals surface area contributed by atoms with Crippen molar-refractivity contribution in [3.8, 4) is 0 Å². The molecule has 3 heteroatoms. The van der Waals surface area contributed by atoms with E-state index >= 15 is 0 Å². The summed E-state index contributed by atoms with van der Waals surface area (Å²) in [5.41, 5.74) is 2.44. The zero-order valence-corrected chi connectivity index (χ0v) is 12.8. The molecule has 1 fully saturated rings. The van der Waals surface area contributed by atoms with Gasteiger partial charge in [-0.1, -0.05) is 60.7 Å². The molecule has 1 aliphatic heterocycles. The first kappa shape index (κ1) is 14.8. The first-order valence-electron chi connectivity index (χ1n) is 7.75. The van der Waals surface area contributed by atoms with Crippen LogP contribution in [0.2, 0.25) is 0 Å². The number of cyclic esters (lactones) is 1. The molecule has 22 heavy (non-hydrogen) atoms. The zero-order valence-electron chi connectivity index (χ0n) is 12.8. The van der Waals surface area contributed by atoms with Crippen LogP contribution in [0.4, 0.5) is 0 Å². The number of esters is 1. The van der Waals surface area contributed by atoms with E-state index in [-0.39, 0.29) is 18.1 Å². The first-order chi connectivity index (χ1) is 10.7. The van der Waals surface area contributed by atoms with Gasteiger partial charge in [-0.3, -0.25) is 9.69 Å². The molecule has 0 N–H and O–H groups in total. The molecule has 1 saturated heterocycles. The molecule has 2 aromatic carbocycles. The number of ether oxygens (including phenoxy) is 1. The maximum atomic E-state index is 11.9. The van der Waals surface area contributed by atoms with Gasteiger partial charge in [0.15, 0.2) is 0 Å². The minimum atomic E-state index is -0.130. The van der Waals surface area contributed by atoms with E-state index in [4.69, 9.17) is 4.74 Å². The number of rotatable bonds is 4. The highest BCUT2D eigenvalue weighted by Crippen LogP contribution is 2.23. The van der Waals surface area contributed by atoms with Gasteiger partial charge >= 0.3 is 5.97 Å². The van der Waals surface area contributed by atoms with Crippen molar-refractivity contribution in [3.63, 3.8) is 0 Å². The van der Waals surface area contributed by atoms with Crippen LogP contribution in [0.15, 0.2) is 60.7 Å². The predicted octanol–water partition coefficient (Wildman–Crippen LogP) is 3.22. The lowest BCUT2D eigenvalue weighted by Crippen LogP contribution is -2.47. The van der Waals surface area contributed by atoms with Crippen LogP contribution in [0.25, 0.3) is 0 Å². The van der Waals surface area contributed by atoms with Gasteiger partial charge in [-0.05, 0) is 18.1 Å². The second-order valence-corrected chi connectivity index (χ2v) is 5.82. The smallest absolute Gasteiger partial charge is 0.320 e. The van der Waals surface area contributed by atoms with Gasteiger partial charge in [0.25, 0.3) is 0 Å². The number of benzene rings is 2. The number of morpholine rings is 1. The van der Waals surface area contributed by atoms with Crippen LogP contribution in [-0.4, -0.2) is 30.1 Å². The molecular weight excluding hydrogens is 274 g/mol. The average Bonchev–Trinajstić information content (AvgIpc) is 2.55. The van der Waals surface area contributed by atoms with Crippen molar-refractivity contribution in [2.75, 3.05) is 13.1 Å². The Morgan fingerprint density at radius 3 is 2.41 bits per heavy atom. The topological polar surface area (TPSA) is 29.5 Å². The fourth-order valence-electron chi connectivity index (χ4n) is 2.97. The van der Waals surface area contributed by atoms with E-state index < -0.39 is 0 Å². The van der Waals surface area contributed by atoms with Crippen LogP contribution in [0, 0.1) is 0 Å². The minimum absolute atomic E-state index is 0.0742. The minimum Gasteiger partial charge on any atom is -0.460 e. The molecule has 0 unspecified atom stereocenters. The highest BCUT2D eigenvalue weighted by Gasteiger charge is 2.30. The average molecular weight is 295 g/mol. The summed E-state index contributed by atoms with van der Waals surface area (Å²) < 4.78 is 5.53. The predicted molar refractivity (Wildman–Crippen MR) is 86.5 cm³/mol. The molecule has 3 nitrogen and oxygen atoms in total. The first-order valence-corrected chi connectivity index (χ1v) is 7.75. The van der Waals surface area contributed by atoms with E-state index in [1.165, 1.54) is 11.1 Å². The Balaban J connectivity index is 1.69. The van der Waals surface area contributed by atoms with Gasteiger partial charge < -0.3 is 4.74 Å². The van der Waals surface area contributed by atoms with E-state index in [9.17, 15) is 4.79 Å². The fraction of sp³-hybridized carbons (Fsp3) is 0.316. The summed E-state index contributed by atoms with van der Waals surface area (Å²) >= 11 is 0. The Bertz CT molecular complexity index is 612. The molecule has 0 spiro atoms. The van der Waals surface area contributed by atoms with Crippen LogP contribution in [0.5, 0.6) is 0 Å². The Morgan fingerprint density at radius 1 is 1.09 bits per heavy atom. The molecule has 3 rings (SSSR count). The normalized spacial score (nSPS) is 20.4. The molecule has 1 heterocycles. The zero-order chi connectivity index (χ0) is 15.4. The number of carbonyl (C=O) groups is 1. The Morgan fingerprint density at radius 2 is 1.73 bits per heavy atom. The summed E-state index contributed by atoms with van der Waals surface area (Å²) in [5.74, 6) is -0.130. The lowest BCUT2D eigenvalue weighted by Gasteiger charge is -2.36. The third kappa shape index (κ3) is 3.55. The number of carbonyl (C=O) groups excluding carboxylic acids is 1. The van der Waals surface area contributed by atoms with Gasteiger partial charge in [-0.25, -0.2) is 0 Å². The van der Waals surface area contributed by atoms with E-state index in [1.54, 1.807) is 0 Å². The molecular formula is C19H21NO2. The molecule has 114 valence electrons. The van der Waals surface area contributed by atoms with Gasteiger partial charge in [-0.15, -0.1) is 0 Å². The molecule has 2 atom stereocenters. The summed E-state index contributed by atoms with van der Waals surface area (Å²) in [6, 6.07) is 20.7. The van der Waals surface area contributed by atoms with Crippen LogP contribution >= 0.6 is 0 Å². The molecule has 0 saturated carbocycles. The van der Waals surface area contributed by atoms with Crippen molar-refractivity contribution in [3.05, 3.63) is 71.8 Å². The van der Waals surface area contributed by atoms with Gasteiger partial charge in [0.05, 0.1) is 6.54 Å². The van der Waals surface area contributed by atoms with Crippen LogP contribution < -0.4 is 0 Å². The van der Waals surface area contributed by atoms with Gasteiger partial charge in [0.2, 0.25) is 0 Å². The van der Waals surface area contributed by atoms with Gasteiger partial charge in [0.1, 0.15) is 6.10 Å². The monoisotopic (exact) mass is 295 g/mol. The molecule has 0 amide bonds. The fourth-order valence-corrected chi connectivity index (χ4v) is 2.97. The van der Waals surface area contributed by atoms with Gasteiger partial charge in [0, 0.05) is 19.0 Å². The Kier molecular flexibility index (Phi) is 4.54. The summed E-state index contributed by atoms with van der Waals surface area (Å²) in [5, 5.41) is 0. The molecule has 0 aromatic heterocycles. The Labute approximate surface area is 131 Å². The summed E-state index contributed by atoms with van der Waals surface area (Å²) in [6.07, 6.45) is 0.694. The SMILES string of the molecule is C[C@H](c1ccccc1)N1CC(=O)O[C@@H](Cc2ccccc2)C1. The molecule has 1 aliphatic rings. The van der Waals surface area contributed by atoms with Crippen LogP contribution in [0.3, 0.4) is 0 Å². The lowest BCUT2D eigenvalue weighted by atomic mass is 10.0. The Hall–Kier alpha value is -2.13. The highest BCUT2D eigenvalue weighted by molar-refractivity contribution is 5.72. The van der Waals surface area contributed by atoms with E-state index in [0.717, 1.165) is 13.0 Å². The van der Waals surface area contributed by atoms with Crippen LogP contribution in [0.1, 0.15) is 24.1 Å². The van der Waals surface area contributed by atoms with E-state index in [1.807, 2.05) is 36.4 Å². The maximum Gasteiger partial charge on any atom is 0.320 e. The van der Waals surface area contributed by atoms with Crippen LogP contribution in [-0.2, 0) is 16.0 Å². The van der Waals surface area contributed by atoms with Gasteiger partial charge in [-0.2, -0.15) is 0 Å². The summed E-state index contributed by atoms with van der Waals surface area (Å²) in [6.45, 7) is 3.28. The van der Waals surface area contributed by atoms with Crippen molar-refractivity contribution >= 4 is 5.97 Å². The van der Waals surface area contributed by atoms with Crippen molar-refractivity contribution < 1.29 is 9.53 Å². The van der Waals surface area contributed by atoms with Crippen molar-refractivity contribution in [1.29, 1.82) is 0 Å². The van der Waals surface area contributed by atoms with E-state index in [0.29, 0.717) is 6.54 Å².